The molecule has 0 spiro atoms. The summed E-state index contributed by atoms with van der Waals surface area (Å²) in [5.74, 6) is 0.371. The van der Waals surface area contributed by atoms with Crippen LogP contribution in [0.4, 0.5) is 4.39 Å². The molecule has 1 atom stereocenters. The van der Waals surface area contributed by atoms with Crippen molar-refractivity contribution < 1.29 is 9.13 Å². The molecule has 2 N–H and O–H groups in total. The predicted molar refractivity (Wildman–Crippen MR) is 70.0 cm³/mol. The van der Waals surface area contributed by atoms with Crippen LogP contribution >= 0.6 is 0 Å². The lowest BCUT2D eigenvalue weighted by molar-refractivity contribution is 0.287. The molecule has 0 saturated heterocycles. The Bertz CT molecular complexity index is 470. The smallest absolute Gasteiger partial charge is 0.123 e. The van der Waals surface area contributed by atoms with E-state index in [1.165, 1.54) is 17.7 Å². The molecule has 2 aromatic rings. The van der Waals surface area contributed by atoms with Crippen molar-refractivity contribution in [2.24, 2.45) is 5.73 Å². The fraction of sp³-hybridized carbons (Fsp3) is 0.200. The summed E-state index contributed by atoms with van der Waals surface area (Å²) in [5.41, 5.74) is 7.17. The van der Waals surface area contributed by atoms with Crippen molar-refractivity contribution in [1.82, 2.24) is 0 Å². The van der Waals surface area contributed by atoms with Gasteiger partial charge in [-0.2, -0.15) is 0 Å². The number of hydrogen-bond acceptors (Lipinski definition) is 2. The van der Waals surface area contributed by atoms with Gasteiger partial charge >= 0.3 is 0 Å². The molecule has 0 aliphatic heterocycles. The lowest BCUT2D eigenvalue weighted by Gasteiger charge is -2.13. The van der Waals surface area contributed by atoms with E-state index in [0.29, 0.717) is 12.4 Å². The fourth-order valence-electron chi connectivity index (χ4n) is 1.71. The summed E-state index contributed by atoms with van der Waals surface area (Å²) in [6, 6.07) is 15.9. The Kier molecular flexibility index (Phi) is 4.31. The summed E-state index contributed by atoms with van der Waals surface area (Å²) in [6.07, 6.45) is 0.766. The van der Waals surface area contributed by atoms with Crippen LogP contribution in [0.1, 0.15) is 5.56 Å². The van der Waals surface area contributed by atoms with Crippen LogP contribution in [0.3, 0.4) is 0 Å². The van der Waals surface area contributed by atoms with Crippen molar-refractivity contribution in [1.29, 1.82) is 0 Å². The zero-order valence-electron chi connectivity index (χ0n) is 10.1. The summed E-state index contributed by atoms with van der Waals surface area (Å²) < 4.78 is 18.2. The van der Waals surface area contributed by atoms with Gasteiger partial charge in [0.15, 0.2) is 0 Å². The van der Waals surface area contributed by atoms with Gasteiger partial charge in [0.05, 0.1) is 0 Å². The second-order valence-electron chi connectivity index (χ2n) is 4.21. The lowest BCUT2D eigenvalue weighted by atomic mass is 10.1. The van der Waals surface area contributed by atoms with E-state index in [1.54, 1.807) is 12.1 Å². The third kappa shape index (κ3) is 3.86. The Morgan fingerprint density at radius 2 is 1.67 bits per heavy atom. The number of rotatable bonds is 5. The van der Waals surface area contributed by atoms with Crippen molar-refractivity contribution in [2.45, 2.75) is 12.5 Å². The number of nitrogens with two attached hydrogens (primary N) is 1. The molecule has 0 amide bonds. The molecule has 94 valence electrons. The number of benzene rings is 2. The van der Waals surface area contributed by atoms with Gasteiger partial charge in [0.2, 0.25) is 0 Å². The summed E-state index contributed by atoms with van der Waals surface area (Å²) in [7, 11) is 0. The van der Waals surface area contributed by atoms with Crippen LogP contribution in [-0.2, 0) is 6.42 Å². The third-order valence-electron chi connectivity index (χ3n) is 2.62. The largest absolute Gasteiger partial charge is 0.492 e. The first kappa shape index (κ1) is 12.6. The minimum atomic E-state index is -0.268. The predicted octanol–water partition coefficient (Wildman–Crippen LogP) is 2.77. The van der Waals surface area contributed by atoms with Gasteiger partial charge in [0, 0.05) is 6.04 Å². The Morgan fingerprint density at radius 1 is 1.00 bits per heavy atom. The highest BCUT2D eigenvalue weighted by molar-refractivity contribution is 5.22. The van der Waals surface area contributed by atoms with Crippen LogP contribution in [0.2, 0.25) is 0 Å². The Hall–Kier alpha value is -1.87. The first-order valence-electron chi connectivity index (χ1n) is 5.92. The first-order chi connectivity index (χ1) is 8.74. The van der Waals surface area contributed by atoms with E-state index in [2.05, 4.69) is 0 Å². The van der Waals surface area contributed by atoms with Gasteiger partial charge in [0.1, 0.15) is 18.2 Å². The van der Waals surface area contributed by atoms with E-state index < -0.39 is 0 Å². The van der Waals surface area contributed by atoms with Gasteiger partial charge < -0.3 is 10.5 Å². The van der Waals surface area contributed by atoms with Crippen LogP contribution in [0, 0.1) is 5.82 Å². The van der Waals surface area contributed by atoms with Crippen LogP contribution in [0.25, 0.3) is 0 Å². The Balaban J connectivity index is 1.81. The van der Waals surface area contributed by atoms with Crippen LogP contribution in [0.15, 0.2) is 54.6 Å². The molecular weight excluding hydrogens is 229 g/mol. The second-order valence-corrected chi connectivity index (χ2v) is 4.21. The van der Waals surface area contributed by atoms with Crippen LogP contribution in [-0.4, -0.2) is 12.6 Å². The normalized spacial score (nSPS) is 12.1. The Morgan fingerprint density at radius 3 is 2.33 bits per heavy atom. The topological polar surface area (TPSA) is 35.2 Å². The quantitative estimate of drug-likeness (QED) is 0.879. The maximum Gasteiger partial charge on any atom is 0.123 e. The van der Waals surface area contributed by atoms with E-state index in [9.17, 15) is 4.39 Å². The first-order valence-corrected chi connectivity index (χ1v) is 5.92. The van der Waals surface area contributed by atoms with Crippen LogP contribution < -0.4 is 10.5 Å². The minimum Gasteiger partial charge on any atom is -0.492 e. The number of ether oxygens (including phenoxy) is 1. The lowest BCUT2D eigenvalue weighted by Crippen LogP contribution is -2.30. The van der Waals surface area contributed by atoms with E-state index in [4.69, 9.17) is 10.5 Å². The van der Waals surface area contributed by atoms with Gasteiger partial charge in [-0.25, -0.2) is 4.39 Å². The highest BCUT2D eigenvalue weighted by Gasteiger charge is 2.05. The van der Waals surface area contributed by atoms with Gasteiger partial charge in [-0.15, -0.1) is 0 Å². The van der Waals surface area contributed by atoms with Crippen molar-refractivity contribution in [3.05, 3.63) is 66.0 Å². The second kappa shape index (κ2) is 6.17. The Labute approximate surface area is 106 Å². The molecule has 1 unspecified atom stereocenters. The molecule has 3 heteroatoms. The van der Waals surface area contributed by atoms with Gasteiger partial charge in [-0.3, -0.25) is 0 Å². The van der Waals surface area contributed by atoms with Crippen molar-refractivity contribution in [3.8, 4) is 5.75 Å². The zero-order valence-corrected chi connectivity index (χ0v) is 10.1. The molecule has 0 fully saturated rings. The summed E-state index contributed by atoms with van der Waals surface area (Å²) in [6.45, 7) is 0.417. The average Bonchev–Trinajstić information content (AvgIpc) is 2.39. The summed E-state index contributed by atoms with van der Waals surface area (Å²) >= 11 is 0. The van der Waals surface area contributed by atoms with Crippen LogP contribution in [0.5, 0.6) is 5.75 Å². The van der Waals surface area contributed by atoms with E-state index in [-0.39, 0.29) is 11.9 Å². The average molecular weight is 245 g/mol. The highest BCUT2D eigenvalue weighted by atomic mass is 19.1. The molecule has 18 heavy (non-hydrogen) atoms. The SMILES string of the molecule is NC(COc1ccc(F)cc1)Cc1ccccc1. The van der Waals surface area contributed by atoms with Crippen molar-refractivity contribution in [2.75, 3.05) is 6.61 Å². The summed E-state index contributed by atoms with van der Waals surface area (Å²) in [4.78, 5) is 0. The highest BCUT2D eigenvalue weighted by Crippen LogP contribution is 2.11. The van der Waals surface area contributed by atoms with E-state index in [0.717, 1.165) is 6.42 Å². The standard InChI is InChI=1S/C15H16FNO/c16-13-6-8-15(9-7-13)18-11-14(17)10-12-4-2-1-3-5-12/h1-9,14H,10-11,17H2. The molecule has 2 rings (SSSR count). The molecule has 0 bridgehead atoms. The third-order valence-corrected chi connectivity index (χ3v) is 2.62. The maximum atomic E-state index is 12.7. The fourth-order valence-corrected chi connectivity index (χ4v) is 1.71. The molecule has 2 aromatic carbocycles. The van der Waals surface area contributed by atoms with E-state index >= 15 is 0 Å². The van der Waals surface area contributed by atoms with E-state index in [1.807, 2.05) is 30.3 Å². The molecular formula is C15H16FNO. The van der Waals surface area contributed by atoms with Gasteiger partial charge in [-0.05, 0) is 36.2 Å². The monoisotopic (exact) mass is 245 g/mol. The molecule has 0 heterocycles. The molecule has 2 nitrogen and oxygen atoms in total. The van der Waals surface area contributed by atoms with Crippen molar-refractivity contribution in [3.63, 3.8) is 0 Å². The molecule has 0 radical (unpaired) electrons. The van der Waals surface area contributed by atoms with Gasteiger partial charge in [0.25, 0.3) is 0 Å². The molecule has 0 aliphatic carbocycles. The minimum absolute atomic E-state index is 0.0718. The number of halogens is 1. The molecule has 0 aromatic heterocycles. The number of hydrogen-bond donors (Lipinski definition) is 1. The maximum absolute atomic E-state index is 12.7. The van der Waals surface area contributed by atoms with Gasteiger partial charge in [-0.1, -0.05) is 30.3 Å². The summed E-state index contributed by atoms with van der Waals surface area (Å²) in [5, 5.41) is 0. The van der Waals surface area contributed by atoms with Crippen molar-refractivity contribution >= 4 is 0 Å². The molecule has 0 aliphatic rings. The zero-order chi connectivity index (χ0) is 12.8. The molecule has 0 saturated carbocycles.